The maximum atomic E-state index is 12.4. The lowest BCUT2D eigenvalue weighted by Crippen LogP contribution is -2.21. The summed E-state index contributed by atoms with van der Waals surface area (Å²) < 4.78 is 12.5. The number of nitrogens with zero attached hydrogens (tertiary/aromatic N) is 2. The zero-order chi connectivity index (χ0) is 20.1. The van der Waals surface area contributed by atoms with E-state index in [1.54, 1.807) is 36.6 Å². The van der Waals surface area contributed by atoms with Crippen molar-refractivity contribution in [1.82, 2.24) is 4.57 Å². The Labute approximate surface area is 162 Å². The van der Waals surface area contributed by atoms with Crippen molar-refractivity contribution in [3.8, 4) is 6.07 Å². The number of hydrogen-bond donors (Lipinski definition) is 1. The molecule has 0 bridgehead atoms. The predicted molar refractivity (Wildman–Crippen MR) is 102 cm³/mol. The molecular weight excluding hydrogens is 358 g/mol. The van der Waals surface area contributed by atoms with Gasteiger partial charge >= 0.3 is 5.97 Å². The molecule has 0 saturated carbocycles. The van der Waals surface area contributed by atoms with Crippen LogP contribution >= 0.6 is 0 Å². The van der Waals surface area contributed by atoms with E-state index in [1.165, 1.54) is 0 Å². The number of furan rings is 1. The fraction of sp³-hybridized carbons (Fsp3) is 0.190. The number of nitrogens with one attached hydrogen (secondary N) is 1. The predicted octanol–water partition coefficient (Wildman–Crippen LogP) is 3.41. The van der Waals surface area contributed by atoms with Gasteiger partial charge in [0, 0.05) is 11.4 Å². The summed E-state index contributed by atoms with van der Waals surface area (Å²) in [4.78, 5) is 24.5. The number of nitriles is 1. The summed E-state index contributed by atoms with van der Waals surface area (Å²) in [7, 11) is 0. The zero-order valence-electron chi connectivity index (χ0n) is 15.6. The summed E-state index contributed by atoms with van der Waals surface area (Å²) in [5, 5.41) is 11.6. The van der Waals surface area contributed by atoms with E-state index in [-0.39, 0.29) is 0 Å². The highest BCUT2D eigenvalue weighted by molar-refractivity contribution is 5.96. The molecule has 0 unspecified atom stereocenters. The van der Waals surface area contributed by atoms with Gasteiger partial charge in [-0.3, -0.25) is 4.79 Å². The zero-order valence-corrected chi connectivity index (χ0v) is 15.6. The first-order valence-electron chi connectivity index (χ1n) is 8.65. The normalized spacial score (nSPS) is 10.3. The highest BCUT2D eigenvalue weighted by atomic mass is 16.5. The van der Waals surface area contributed by atoms with Crippen LogP contribution in [0.3, 0.4) is 0 Å². The monoisotopic (exact) mass is 377 g/mol. The van der Waals surface area contributed by atoms with Crippen molar-refractivity contribution in [1.29, 1.82) is 5.26 Å². The summed E-state index contributed by atoms with van der Waals surface area (Å²) in [5.74, 6) is -0.319. The molecule has 28 heavy (non-hydrogen) atoms. The van der Waals surface area contributed by atoms with E-state index in [9.17, 15) is 9.59 Å². The van der Waals surface area contributed by atoms with Crippen LogP contribution in [0, 0.1) is 25.2 Å². The summed E-state index contributed by atoms with van der Waals surface area (Å²) in [6.07, 6.45) is 1.60. The van der Waals surface area contributed by atoms with Gasteiger partial charge in [-0.25, -0.2) is 4.79 Å². The molecule has 142 valence electrons. The average Bonchev–Trinajstić information content (AvgIpc) is 3.30. The lowest BCUT2D eigenvalue weighted by Gasteiger charge is -2.09. The van der Waals surface area contributed by atoms with E-state index in [0.29, 0.717) is 23.4 Å². The number of benzene rings is 1. The second kappa shape index (κ2) is 8.27. The molecule has 1 amide bonds. The summed E-state index contributed by atoms with van der Waals surface area (Å²) >= 11 is 0. The fourth-order valence-corrected chi connectivity index (χ4v) is 2.89. The van der Waals surface area contributed by atoms with E-state index < -0.39 is 18.5 Å². The van der Waals surface area contributed by atoms with Gasteiger partial charge in [0.05, 0.1) is 29.6 Å². The van der Waals surface area contributed by atoms with Crippen LogP contribution in [0.5, 0.6) is 0 Å². The quantitative estimate of drug-likeness (QED) is 0.664. The molecule has 3 rings (SSSR count). The molecule has 0 aliphatic rings. The third-order valence-electron chi connectivity index (χ3n) is 4.34. The Kier molecular flexibility index (Phi) is 5.61. The Hall–Kier alpha value is -3.79. The molecular formula is C21H19N3O4. The average molecular weight is 377 g/mol. The van der Waals surface area contributed by atoms with Gasteiger partial charge in [0.15, 0.2) is 6.61 Å². The van der Waals surface area contributed by atoms with Gasteiger partial charge in [-0.05, 0) is 44.2 Å². The van der Waals surface area contributed by atoms with E-state index in [4.69, 9.17) is 14.4 Å². The van der Waals surface area contributed by atoms with Crippen molar-refractivity contribution in [2.75, 3.05) is 11.9 Å². The van der Waals surface area contributed by atoms with Gasteiger partial charge in [-0.15, -0.1) is 0 Å². The van der Waals surface area contributed by atoms with Crippen LogP contribution in [0.1, 0.15) is 33.1 Å². The number of aromatic nitrogens is 1. The Morgan fingerprint density at radius 1 is 1.21 bits per heavy atom. The van der Waals surface area contributed by atoms with Crippen LogP contribution in [0.2, 0.25) is 0 Å². The van der Waals surface area contributed by atoms with Crippen LogP contribution in [0.15, 0.2) is 53.1 Å². The first-order chi connectivity index (χ1) is 13.5. The third kappa shape index (κ3) is 4.13. The number of amides is 1. The minimum atomic E-state index is -0.581. The third-order valence-corrected chi connectivity index (χ3v) is 4.34. The highest BCUT2D eigenvalue weighted by Gasteiger charge is 2.19. The van der Waals surface area contributed by atoms with Gasteiger partial charge < -0.3 is 19.0 Å². The van der Waals surface area contributed by atoms with Crippen molar-refractivity contribution < 1.29 is 18.7 Å². The number of para-hydroxylation sites is 1. The molecule has 0 saturated heterocycles. The Balaban J connectivity index is 1.63. The second-order valence-corrected chi connectivity index (χ2v) is 6.23. The summed E-state index contributed by atoms with van der Waals surface area (Å²) in [6.45, 7) is 3.76. The molecule has 0 aliphatic carbocycles. The minimum absolute atomic E-state index is 0.337. The molecule has 0 fully saturated rings. The van der Waals surface area contributed by atoms with E-state index in [1.807, 2.05) is 36.6 Å². The lowest BCUT2D eigenvalue weighted by atomic mass is 10.2. The molecule has 7 heteroatoms. The van der Waals surface area contributed by atoms with Crippen molar-refractivity contribution in [3.05, 3.63) is 77.0 Å². The van der Waals surface area contributed by atoms with Gasteiger partial charge in [0.25, 0.3) is 5.91 Å². The lowest BCUT2D eigenvalue weighted by molar-refractivity contribution is -0.119. The maximum absolute atomic E-state index is 12.4. The Bertz CT molecular complexity index is 1040. The van der Waals surface area contributed by atoms with Crippen LogP contribution in [0.25, 0.3) is 0 Å². The molecule has 1 N–H and O–H groups in total. The number of rotatable bonds is 6. The molecule has 0 aliphatic heterocycles. The minimum Gasteiger partial charge on any atom is -0.467 e. The number of esters is 1. The van der Waals surface area contributed by atoms with Gasteiger partial charge in [0.2, 0.25) is 0 Å². The molecule has 2 aromatic heterocycles. The van der Waals surface area contributed by atoms with Crippen molar-refractivity contribution in [3.63, 3.8) is 0 Å². The van der Waals surface area contributed by atoms with Crippen molar-refractivity contribution in [2.24, 2.45) is 0 Å². The fourth-order valence-electron chi connectivity index (χ4n) is 2.89. The van der Waals surface area contributed by atoms with E-state index in [2.05, 4.69) is 5.32 Å². The van der Waals surface area contributed by atoms with Gasteiger partial charge in [-0.2, -0.15) is 5.26 Å². The van der Waals surface area contributed by atoms with Gasteiger partial charge in [-0.1, -0.05) is 12.1 Å². The topological polar surface area (TPSA) is 97.3 Å². The first-order valence-corrected chi connectivity index (χ1v) is 8.65. The molecule has 0 spiro atoms. The summed E-state index contributed by atoms with van der Waals surface area (Å²) in [5.41, 5.74) is 2.72. The van der Waals surface area contributed by atoms with Crippen LogP contribution in [0.4, 0.5) is 5.69 Å². The summed E-state index contributed by atoms with van der Waals surface area (Å²) in [6, 6.07) is 14.0. The second-order valence-electron chi connectivity index (χ2n) is 6.23. The first kappa shape index (κ1) is 19.0. The van der Waals surface area contributed by atoms with Crippen molar-refractivity contribution in [2.45, 2.75) is 20.4 Å². The van der Waals surface area contributed by atoms with Crippen LogP contribution < -0.4 is 5.32 Å². The number of hydrogen-bond acceptors (Lipinski definition) is 5. The van der Waals surface area contributed by atoms with Crippen LogP contribution in [-0.2, 0) is 16.1 Å². The SMILES string of the molecule is Cc1cc(C(=O)OCC(=O)Nc2ccccc2C#N)c(C)n1Cc1ccco1. The Morgan fingerprint density at radius 2 is 2.00 bits per heavy atom. The molecule has 1 aromatic carbocycles. The number of carbonyl (C=O) groups is 2. The maximum Gasteiger partial charge on any atom is 0.340 e. The standard InChI is InChI=1S/C21H19N3O4/c1-14-10-18(15(2)24(14)12-17-7-5-9-27-17)21(26)28-13-20(25)23-19-8-4-3-6-16(19)11-22/h3-10H,12-13H2,1-2H3,(H,23,25). The number of ether oxygens (including phenoxy) is 1. The number of aryl methyl sites for hydroxylation is 1. The van der Waals surface area contributed by atoms with Crippen molar-refractivity contribution >= 4 is 17.6 Å². The van der Waals surface area contributed by atoms with Crippen LogP contribution in [-0.4, -0.2) is 23.1 Å². The number of anilines is 1. The van der Waals surface area contributed by atoms with Gasteiger partial charge in [0.1, 0.15) is 11.8 Å². The Morgan fingerprint density at radius 3 is 2.71 bits per heavy atom. The van der Waals surface area contributed by atoms with E-state index >= 15 is 0 Å². The van der Waals surface area contributed by atoms with E-state index in [0.717, 1.165) is 17.1 Å². The molecule has 7 nitrogen and oxygen atoms in total. The number of carbonyl (C=O) groups excluding carboxylic acids is 2. The molecule has 3 aromatic rings. The molecule has 0 atom stereocenters. The highest BCUT2D eigenvalue weighted by Crippen LogP contribution is 2.19. The molecule has 0 radical (unpaired) electrons. The smallest absolute Gasteiger partial charge is 0.340 e. The molecule has 2 heterocycles. The largest absolute Gasteiger partial charge is 0.467 e.